The van der Waals surface area contributed by atoms with Crippen molar-refractivity contribution in [3.05, 3.63) is 144 Å². The smallest absolute Gasteiger partial charge is 0.408 e. The van der Waals surface area contributed by atoms with Gasteiger partial charge in [0, 0.05) is 18.6 Å². The number of nitrogens with one attached hydrogen (secondary N) is 1. The molecular weight excluding hydrogens is 564 g/mol. The average molecular weight is 595 g/mol. The van der Waals surface area contributed by atoms with Gasteiger partial charge in [0.15, 0.2) is 0 Å². The molecule has 1 atom stereocenters. The Morgan fingerprint density at radius 2 is 1.16 bits per heavy atom. The first kappa shape index (κ1) is 29.6. The molecule has 43 heavy (non-hydrogen) atoms. The number of nitrogens with zero attached hydrogens (tertiary/aromatic N) is 1. The molecule has 4 aromatic rings. The van der Waals surface area contributed by atoms with E-state index in [0.717, 1.165) is 22.3 Å². The molecule has 5 rings (SSSR count). The van der Waals surface area contributed by atoms with Crippen LogP contribution in [0.1, 0.15) is 35.1 Å². The van der Waals surface area contributed by atoms with Crippen LogP contribution in [-0.2, 0) is 35.3 Å². The van der Waals surface area contributed by atoms with Crippen LogP contribution >= 0.6 is 11.8 Å². The lowest BCUT2D eigenvalue weighted by molar-refractivity contribution is -0.198. The third-order valence-corrected chi connectivity index (χ3v) is 8.62. The second-order valence-corrected chi connectivity index (χ2v) is 11.1. The van der Waals surface area contributed by atoms with Crippen molar-refractivity contribution >= 4 is 35.6 Å². The van der Waals surface area contributed by atoms with Crippen molar-refractivity contribution in [2.45, 2.75) is 30.2 Å². The van der Waals surface area contributed by atoms with E-state index in [1.807, 2.05) is 121 Å². The van der Waals surface area contributed by atoms with Crippen molar-refractivity contribution in [2.75, 3.05) is 5.75 Å². The Kier molecular flexibility index (Phi) is 9.53. The fraction of sp³-hybridized carbons (Fsp3) is 0.176. The van der Waals surface area contributed by atoms with Crippen LogP contribution in [0.2, 0.25) is 0 Å². The summed E-state index contributed by atoms with van der Waals surface area (Å²) in [6.07, 6.45) is -0.927. The van der Waals surface area contributed by atoms with Crippen LogP contribution in [0.15, 0.2) is 121 Å². The number of imide groups is 1. The molecule has 1 heterocycles. The Bertz CT molecular complexity index is 1440. The van der Waals surface area contributed by atoms with Crippen LogP contribution in [0.4, 0.5) is 4.79 Å². The highest BCUT2D eigenvalue weighted by Gasteiger charge is 2.40. The number of amides is 3. The number of alkyl carbamates (subject to hydrolysis) is 1. The highest BCUT2D eigenvalue weighted by molar-refractivity contribution is 8.00. The quantitative estimate of drug-likeness (QED) is 0.178. The lowest BCUT2D eigenvalue weighted by atomic mass is 9.84. The molecular formula is C34H30N2O6S. The summed E-state index contributed by atoms with van der Waals surface area (Å²) in [5.74, 6) is -2.14. The fourth-order valence-corrected chi connectivity index (χ4v) is 6.41. The van der Waals surface area contributed by atoms with Crippen LogP contribution in [0.5, 0.6) is 0 Å². The van der Waals surface area contributed by atoms with Gasteiger partial charge in [-0.3, -0.25) is 9.59 Å². The second kappa shape index (κ2) is 13.8. The van der Waals surface area contributed by atoms with E-state index >= 15 is 0 Å². The van der Waals surface area contributed by atoms with Gasteiger partial charge in [-0.1, -0.05) is 121 Å². The molecule has 1 aliphatic heterocycles. The summed E-state index contributed by atoms with van der Waals surface area (Å²) in [6, 6.07) is 37.5. The first-order chi connectivity index (χ1) is 21.0. The van der Waals surface area contributed by atoms with Crippen LogP contribution in [0.25, 0.3) is 0 Å². The number of carbonyl (C=O) groups is 4. The Balaban J connectivity index is 1.47. The highest BCUT2D eigenvalue weighted by atomic mass is 32.2. The molecule has 0 aliphatic carbocycles. The fourth-order valence-electron chi connectivity index (χ4n) is 4.86. The number of hydrogen-bond acceptors (Lipinski definition) is 7. The summed E-state index contributed by atoms with van der Waals surface area (Å²) in [7, 11) is 0. The van der Waals surface area contributed by atoms with Crippen LogP contribution < -0.4 is 5.32 Å². The van der Waals surface area contributed by atoms with E-state index in [0.29, 0.717) is 5.06 Å². The van der Waals surface area contributed by atoms with Gasteiger partial charge in [0.05, 0.1) is 4.75 Å². The number of benzene rings is 4. The molecule has 9 heteroatoms. The van der Waals surface area contributed by atoms with Crippen LogP contribution in [0, 0.1) is 0 Å². The lowest BCUT2D eigenvalue weighted by Crippen LogP contribution is -2.47. The molecule has 4 aromatic carbocycles. The van der Waals surface area contributed by atoms with Gasteiger partial charge in [0.2, 0.25) is 0 Å². The zero-order valence-corrected chi connectivity index (χ0v) is 24.1. The predicted octanol–water partition coefficient (Wildman–Crippen LogP) is 5.61. The van der Waals surface area contributed by atoms with Gasteiger partial charge in [-0.05, 0) is 22.3 Å². The molecule has 0 saturated carbocycles. The minimum atomic E-state index is -1.26. The van der Waals surface area contributed by atoms with E-state index < -0.39 is 34.7 Å². The molecule has 1 saturated heterocycles. The number of thioether (sulfide) groups is 1. The van der Waals surface area contributed by atoms with E-state index in [1.54, 1.807) is 0 Å². The van der Waals surface area contributed by atoms with Gasteiger partial charge < -0.3 is 14.9 Å². The van der Waals surface area contributed by atoms with Gasteiger partial charge in [0.1, 0.15) is 12.6 Å². The number of hydroxylamine groups is 2. The van der Waals surface area contributed by atoms with Gasteiger partial charge in [-0.25, -0.2) is 9.59 Å². The lowest BCUT2D eigenvalue weighted by Gasteiger charge is -2.36. The van der Waals surface area contributed by atoms with Crippen molar-refractivity contribution in [1.82, 2.24) is 10.4 Å². The minimum Gasteiger partial charge on any atom is -0.445 e. The van der Waals surface area contributed by atoms with Gasteiger partial charge in [-0.2, -0.15) is 0 Å². The van der Waals surface area contributed by atoms with E-state index in [1.165, 1.54) is 11.8 Å². The van der Waals surface area contributed by atoms with Crippen LogP contribution in [0.3, 0.4) is 0 Å². The summed E-state index contributed by atoms with van der Waals surface area (Å²) in [5, 5.41) is 3.09. The maximum absolute atomic E-state index is 13.5. The van der Waals surface area contributed by atoms with Crippen molar-refractivity contribution in [2.24, 2.45) is 0 Å². The molecule has 0 aromatic heterocycles. The summed E-state index contributed by atoms with van der Waals surface area (Å²) < 4.78 is 4.60. The first-order valence-corrected chi connectivity index (χ1v) is 14.8. The molecule has 0 radical (unpaired) electrons. The molecule has 1 aliphatic rings. The summed E-state index contributed by atoms with van der Waals surface area (Å²) in [5.41, 5.74) is 3.65. The summed E-state index contributed by atoms with van der Waals surface area (Å²) in [6.45, 7) is -0.00728. The van der Waals surface area contributed by atoms with Gasteiger partial charge >= 0.3 is 12.1 Å². The third-order valence-electron chi connectivity index (χ3n) is 6.98. The molecule has 218 valence electrons. The Labute approximate surface area is 254 Å². The van der Waals surface area contributed by atoms with Crippen LogP contribution in [-0.4, -0.2) is 40.7 Å². The summed E-state index contributed by atoms with van der Waals surface area (Å²) >= 11 is 1.42. The Hall–Kier alpha value is -4.89. The number of ether oxygens (including phenoxy) is 1. The normalized spacial score (nSPS) is 13.8. The number of carbonyl (C=O) groups excluding carboxylic acids is 4. The van der Waals surface area contributed by atoms with Crippen molar-refractivity contribution < 1.29 is 28.8 Å². The SMILES string of the molecule is O=C(NC(CSC(c1ccccc1)(c1ccccc1)c1ccccc1)C(=O)ON1C(=O)CCC1=O)OCc1ccccc1. The Morgan fingerprint density at radius 1 is 0.721 bits per heavy atom. The molecule has 1 fully saturated rings. The highest BCUT2D eigenvalue weighted by Crippen LogP contribution is 2.48. The predicted molar refractivity (Wildman–Crippen MR) is 162 cm³/mol. The van der Waals surface area contributed by atoms with Gasteiger partial charge in [0.25, 0.3) is 11.8 Å². The molecule has 1 N–H and O–H groups in total. The molecule has 1 unspecified atom stereocenters. The largest absolute Gasteiger partial charge is 0.445 e. The maximum atomic E-state index is 13.5. The van der Waals surface area contributed by atoms with E-state index in [4.69, 9.17) is 9.57 Å². The first-order valence-electron chi connectivity index (χ1n) is 13.8. The van der Waals surface area contributed by atoms with Crippen molar-refractivity contribution in [3.8, 4) is 0 Å². The zero-order valence-electron chi connectivity index (χ0n) is 23.3. The average Bonchev–Trinajstić information content (AvgIpc) is 3.37. The molecule has 0 bridgehead atoms. The second-order valence-electron chi connectivity index (χ2n) is 9.84. The Morgan fingerprint density at radius 3 is 1.63 bits per heavy atom. The minimum absolute atomic E-state index is 0.00728. The van der Waals surface area contributed by atoms with Gasteiger partial charge in [-0.15, -0.1) is 16.8 Å². The molecule has 0 spiro atoms. The maximum Gasteiger partial charge on any atom is 0.408 e. The monoisotopic (exact) mass is 594 g/mol. The van der Waals surface area contributed by atoms with Crippen molar-refractivity contribution in [1.29, 1.82) is 0 Å². The standard InChI is InChI=1S/C34H30N2O6S/c37-30-21-22-31(38)36(30)42-32(39)29(35-33(40)41-23-25-13-5-1-6-14-25)24-43-34(26-15-7-2-8-16-26,27-17-9-3-10-18-27)28-19-11-4-12-20-28/h1-20,29H,21-24H2,(H,35,40). The number of hydrogen-bond donors (Lipinski definition) is 1. The number of rotatable bonds is 11. The third kappa shape index (κ3) is 6.95. The van der Waals surface area contributed by atoms with E-state index in [2.05, 4.69) is 5.32 Å². The van der Waals surface area contributed by atoms with E-state index in [9.17, 15) is 19.2 Å². The summed E-state index contributed by atoms with van der Waals surface area (Å²) in [4.78, 5) is 56.1. The molecule has 3 amide bonds. The molecule has 8 nitrogen and oxygen atoms in total. The topological polar surface area (TPSA) is 102 Å². The van der Waals surface area contributed by atoms with E-state index in [-0.39, 0.29) is 25.2 Å². The zero-order chi connectivity index (χ0) is 30.1. The van der Waals surface area contributed by atoms with Crippen molar-refractivity contribution in [3.63, 3.8) is 0 Å².